The molecule has 2 aromatic rings. The number of benzene rings is 1. The molecule has 11 nitrogen and oxygen atoms in total. The van der Waals surface area contributed by atoms with Crippen molar-refractivity contribution >= 4 is 40.1 Å². The van der Waals surface area contributed by atoms with E-state index in [0.717, 1.165) is 43.0 Å². The SMILES string of the molecule is O=C1CCC(N2Cc3cc(OC[C@@H]4CCCCN4C(=O)c4csc(N5CCOCC5)n4)ccc3C2=O)C(=O)N1. The fourth-order valence-corrected chi connectivity index (χ4v) is 6.54. The maximum absolute atomic E-state index is 13.4. The van der Waals surface area contributed by atoms with E-state index in [4.69, 9.17) is 9.47 Å². The highest BCUT2D eigenvalue weighted by molar-refractivity contribution is 7.13. The van der Waals surface area contributed by atoms with Gasteiger partial charge in [0.15, 0.2) is 5.13 Å². The molecule has 12 heteroatoms. The van der Waals surface area contributed by atoms with Gasteiger partial charge in [0.1, 0.15) is 24.1 Å². The lowest BCUT2D eigenvalue weighted by molar-refractivity contribution is -0.136. The van der Waals surface area contributed by atoms with Crippen LogP contribution in [0.2, 0.25) is 0 Å². The summed E-state index contributed by atoms with van der Waals surface area (Å²) < 4.78 is 11.6. The third-order valence-corrected chi connectivity index (χ3v) is 8.72. The summed E-state index contributed by atoms with van der Waals surface area (Å²) in [4.78, 5) is 60.4. The lowest BCUT2D eigenvalue weighted by atomic mass is 10.0. The number of fused-ring (bicyclic) bond motifs is 1. The van der Waals surface area contributed by atoms with E-state index in [1.54, 1.807) is 12.1 Å². The third-order valence-electron chi connectivity index (χ3n) is 7.82. The molecule has 4 aliphatic heterocycles. The van der Waals surface area contributed by atoms with E-state index in [1.807, 2.05) is 16.3 Å². The Hall–Kier alpha value is -3.51. The summed E-state index contributed by atoms with van der Waals surface area (Å²) in [5.74, 6) is -0.400. The Morgan fingerprint density at radius 3 is 2.79 bits per heavy atom. The topological polar surface area (TPSA) is 121 Å². The maximum atomic E-state index is 13.4. The summed E-state index contributed by atoms with van der Waals surface area (Å²) in [6, 6.07) is 4.60. The molecule has 1 aromatic carbocycles. The molecule has 4 amide bonds. The van der Waals surface area contributed by atoms with E-state index >= 15 is 0 Å². The van der Waals surface area contributed by atoms with Gasteiger partial charge < -0.3 is 24.2 Å². The molecule has 1 unspecified atom stereocenters. The molecule has 1 aromatic heterocycles. The summed E-state index contributed by atoms with van der Waals surface area (Å²) in [7, 11) is 0. The first kappa shape index (κ1) is 25.8. The predicted molar refractivity (Wildman–Crippen MR) is 142 cm³/mol. The number of ether oxygens (including phenoxy) is 2. The van der Waals surface area contributed by atoms with Gasteiger partial charge in [0.2, 0.25) is 11.8 Å². The molecule has 0 saturated carbocycles. The summed E-state index contributed by atoms with van der Waals surface area (Å²) >= 11 is 1.49. The second-order valence-electron chi connectivity index (χ2n) is 10.3. The average Bonchev–Trinajstić information content (AvgIpc) is 3.57. The van der Waals surface area contributed by atoms with Gasteiger partial charge in [0, 0.05) is 43.5 Å². The Bertz CT molecular complexity index is 1290. The standard InChI is InChI=1S/C27H31N5O6S/c33-23-7-6-22(24(34)29-23)32-14-17-13-19(4-5-20(17)25(32)35)38-15-18-3-1-2-8-31(18)26(36)21-16-39-27(28-21)30-9-11-37-12-10-30/h4-5,13,16,18,22H,1-3,6-12,14-15H2,(H,29,33,34)/t18-,22?/m0/s1. The number of morpholine rings is 1. The Kier molecular flexibility index (Phi) is 7.22. The molecule has 4 aliphatic rings. The smallest absolute Gasteiger partial charge is 0.273 e. The minimum Gasteiger partial charge on any atom is -0.491 e. The highest BCUT2D eigenvalue weighted by atomic mass is 32.1. The number of hydrogen-bond acceptors (Lipinski definition) is 9. The molecule has 39 heavy (non-hydrogen) atoms. The van der Waals surface area contributed by atoms with E-state index in [-0.39, 0.29) is 30.2 Å². The van der Waals surface area contributed by atoms with Crippen molar-refractivity contribution in [2.75, 3.05) is 44.4 Å². The van der Waals surface area contributed by atoms with Crippen molar-refractivity contribution in [2.24, 2.45) is 0 Å². The Balaban J connectivity index is 1.10. The van der Waals surface area contributed by atoms with Crippen molar-refractivity contribution in [3.05, 3.63) is 40.4 Å². The highest BCUT2D eigenvalue weighted by Crippen LogP contribution is 2.31. The van der Waals surface area contributed by atoms with Crippen LogP contribution in [0, 0.1) is 0 Å². The third kappa shape index (κ3) is 5.22. The van der Waals surface area contributed by atoms with Crippen LogP contribution in [0.25, 0.3) is 0 Å². The zero-order chi connectivity index (χ0) is 26.9. The van der Waals surface area contributed by atoms with Crippen LogP contribution in [0.15, 0.2) is 23.6 Å². The van der Waals surface area contributed by atoms with E-state index < -0.39 is 11.9 Å². The number of anilines is 1. The monoisotopic (exact) mass is 553 g/mol. The summed E-state index contributed by atoms with van der Waals surface area (Å²) in [6.45, 7) is 4.19. The van der Waals surface area contributed by atoms with Crippen LogP contribution in [0.3, 0.4) is 0 Å². The number of amides is 4. The zero-order valence-electron chi connectivity index (χ0n) is 21.6. The van der Waals surface area contributed by atoms with Crippen molar-refractivity contribution < 1.29 is 28.7 Å². The van der Waals surface area contributed by atoms with Crippen LogP contribution < -0.4 is 15.0 Å². The van der Waals surface area contributed by atoms with E-state index in [1.165, 1.54) is 16.2 Å². The number of rotatable bonds is 6. The number of piperidine rings is 2. The molecular weight excluding hydrogens is 522 g/mol. The quantitative estimate of drug-likeness (QED) is 0.538. The number of hydrogen-bond donors (Lipinski definition) is 1. The van der Waals surface area contributed by atoms with Crippen molar-refractivity contribution in [1.82, 2.24) is 20.1 Å². The van der Waals surface area contributed by atoms with Crippen molar-refractivity contribution in [2.45, 2.75) is 50.7 Å². The van der Waals surface area contributed by atoms with Gasteiger partial charge in [-0.15, -0.1) is 11.3 Å². The van der Waals surface area contributed by atoms with Crippen molar-refractivity contribution in [3.63, 3.8) is 0 Å². The van der Waals surface area contributed by atoms with Crippen molar-refractivity contribution in [3.8, 4) is 5.75 Å². The van der Waals surface area contributed by atoms with Crippen LogP contribution in [-0.2, 0) is 20.9 Å². The minimum absolute atomic E-state index is 0.0708. The van der Waals surface area contributed by atoms with Gasteiger partial charge in [-0.1, -0.05) is 0 Å². The average molecular weight is 554 g/mol. The lowest BCUT2D eigenvalue weighted by Crippen LogP contribution is -2.52. The molecule has 5 heterocycles. The molecule has 0 bridgehead atoms. The fourth-order valence-electron chi connectivity index (χ4n) is 5.68. The zero-order valence-corrected chi connectivity index (χ0v) is 22.4. The molecule has 0 aliphatic carbocycles. The predicted octanol–water partition coefficient (Wildman–Crippen LogP) is 1.81. The van der Waals surface area contributed by atoms with E-state index in [0.29, 0.717) is 56.3 Å². The Morgan fingerprint density at radius 1 is 1.13 bits per heavy atom. The van der Waals surface area contributed by atoms with Gasteiger partial charge in [-0.25, -0.2) is 4.98 Å². The highest BCUT2D eigenvalue weighted by Gasteiger charge is 2.39. The number of carbonyl (C=O) groups is 4. The van der Waals surface area contributed by atoms with E-state index in [2.05, 4.69) is 15.2 Å². The summed E-state index contributed by atoms with van der Waals surface area (Å²) in [6.07, 6.45) is 3.36. The number of nitrogens with one attached hydrogen (secondary N) is 1. The van der Waals surface area contributed by atoms with Crippen LogP contribution in [0.1, 0.15) is 58.5 Å². The first-order valence-corrected chi connectivity index (χ1v) is 14.4. The van der Waals surface area contributed by atoms with Crippen molar-refractivity contribution in [1.29, 1.82) is 0 Å². The lowest BCUT2D eigenvalue weighted by Gasteiger charge is -2.35. The normalized spacial score (nSPS) is 23.6. The molecule has 0 spiro atoms. The number of nitrogens with zero attached hydrogens (tertiary/aromatic N) is 4. The molecule has 206 valence electrons. The molecule has 2 atom stereocenters. The van der Waals surface area contributed by atoms with E-state index in [9.17, 15) is 19.2 Å². The van der Waals surface area contributed by atoms with Crippen LogP contribution in [-0.4, -0.2) is 90.0 Å². The van der Waals surface area contributed by atoms with Crippen LogP contribution in [0.4, 0.5) is 5.13 Å². The van der Waals surface area contributed by atoms with Gasteiger partial charge in [-0.3, -0.25) is 24.5 Å². The number of thiazole rings is 1. The molecule has 0 radical (unpaired) electrons. The van der Waals surface area contributed by atoms with Gasteiger partial charge in [0.05, 0.1) is 19.3 Å². The minimum atomic E-state index is -0.650. The molecule has 3 fully saturated rings. The van der Waals surface area contributed by atoms with Gasteiger partial charge in [0.25, 0.3) is 11.8 Å². The summed E-state index contributed by atoms with van der Waals surface area (Å²) in [5, 5.41) is 5.02. The maximum Gasteiger partial charge on any atom is 0.273 e. The number of likely N-dealkylation sites (tertiary alicyclic amines) is 1. The second kappa shape index (κ2) is 10.9. The van der Waals surface area contributed by atoms with Gasteiger partial charge in [-0.05, 0) is 49.4 Å². The van der Waals surface area contributed by atoms with Crippen LogP contribution >= 0.6 is 11.3 Å². The molecule has 6 rings (SSSR count). The molecule has 3 saturated heterocycles. The number of aromatic nitrogens is 1. The molecule has 1 N–H and O–H groups in total. The first-order chi connectivity index (χ1) is 19.0. The largest absolute Gasteiger partial charge is 0.491 e. The second-order valence-corrected chi connectivity index (χ2v) is 11.1. The Morgan fingerprint density at radius 2 is 1.97 bits per heavy atom. The number of imide groups is 1. The fraction of sp³-hybridized carbons (Fsp3) is 0.519. The molecular formula is C27H31N5O6S. The number of carbonyl (C=O) groups excluding carboxylic acids is 4. The first-order valence-electron chi connectivity index (χ1n) is 13.5. The Labute approximate surface area is 230 Å². The van der Waals surface area contributed by atoms with Gasteiger partial charge in [-0.2, -0.15) is 0 Å². The summed E-state index contributed by atoms with van der Waals surface area (Å²) in [5.41, 5.74) is 1.80. The van der Waals surface area contributed by atoms with Crippen LogP contribution in [0.5, 0.6) is 5.75 Å². The van der Waals surface area contributed by atoms with Gasteiger partial charge >= 0.3 is 0 Å².